The van der Waals surface area contributed by atoms with Gasteiger partial charge in [-0.25, -0.2) is 13.2 Å². The van der Waals surface area contributed by atoms with Crippen LogP contribution in [0.4, 0.5) is 10.5 Å². The second-order valence-corrected chi connectivity index (χ2v) is 9.35. The summed E-state index contributed by atoms with van der Waals surface area (Å²) in [6.45, 7) is 1.40. The van der Waals surface area contributed by atoms with Gasteiger partial charge in [0.2, 0.25) is 10.0 Å². The van der Waals surface area contributed by atoms with Crippen LogP contribution in [0.15, 0.2) is 48.5 Å². The van der Waals surface area contributed by atoms with Gasteiger partial charge in [-0.1, -0.05) is 30.3 Å². The number of carbonyl (C=O) groups excluding carboxylic acids is 3. The Kier molecular flexibility index (Phi) is 7.47. The van der Waals surface area contributed by atoms with E-state index in [1.807, 2.05) is 30.3 Å². The van der Waals surface area contributed by atoms with Crippen LogP contribution in [0.25, 0.3) is 0 Å². The molecule has 170 valence electrons. The highest BCUT2D eigenvalue weighted by Gasteiger charge is 2.28. The third kappa shape index (κ3) is 5.85. The molecular weight excluding hydrogens is 434 g/mol. The number of nitrogens with one attached hydrogen (secondary N) is 2. The first-order valence-electron chi connectivity index (χ1n) is 10.2. The summed E-state index contributed by atoms with van der Waals surface area (Å²) in [5.74, 6) is -1.15. The van der Waals surface area contributed by atoms with Gasteiger partial charge in [-0.05, 0) is 42.7 Å². The van der Waals surface area contributed by atoms with Crippen molar-refractivity contribution in [2.45, 2.75) is 19.9 Å². The van der Waals surface area contributed by atoms with Gasteiger partial charge in [0.15, 0.2) is 12.4 Å². The molecule has 2 amide bonds. The Hall–Kier alpha value is -3.40. The smallest absolute Gasteiger partial charge is 0.325 e. The third-order valence-corrected chi connectivity index (χ3v) is 6.79. The first-order valence-corrected chi connectivity index (χ1v) is 11.8. The summed E-state index contributed by atoms with van der Waals surface area (Å²) in [6, 6.07) is 13.5. The van der Waals surface area contributed by atoms with Crippen molar-refractivity contribution in [2.24, 2.45) is 0 Å². The lowest BCUT2D eigenvalue weighted by molar-refractivity contribution is -0.141. The Morgan fingerprint density at radius 3 is 2.53 bits per heavy atom. The summed E-state index contributed by atoms with van der Waals surface area (Å²) < 4.78 is 30.6. The lowest BCUT2D eigenvalue weighted by atomic mass is 10.1. The van der Waals surface area contributed by atoms with E-state index in [1.165, 1.54) is 10.4 Å². The zero-order chi connectivity index (χ0) is 23.1. The highest BCUT2D eigenvalue weighted by Crippen LogP contribution is 2.31. The van der Waals surface area contributed by atoms with E-state index in [4.69, 9.17) is 4.74 Å². The lowest BCUT2D eigenvalue weighted by Gasteiger charge is -2.18. The predicted molar refractivity (Wildman–Crippen MR) is 119 cm³/mol. The van der Waals surface area contributed by atoms with Gasteiger partial charge in [0.1, 0.15) is 6.54 Å². The van der Waals surface area contributed by atoms with Gasteiger partial charge in [0.05, 0.1) is 11.4 Å². The third-order valence-electron chi connectivity index (χ3n) is 5.01. The average Bonchev–Trinajstić information content (AvgIpc) is 3.24. The fourth-order valence-corrected chi connectivity index (χ4v) is 4.42. The monoisotopic (exact) mass is 459 g/mol. The van der Waals surface area contributed by atoms with Gasteiger partial charge >= 0.3 is 12.0 Å². The van der Waals surface area contributed by atoms with E-state index in [9.17, 15) is 22.8 Å². The molecule has 10 heteroatoms. The molecule has 0 aromatic heterocycles. The minimum Gasteiger partial charge on any atom is -0.456 e. The molecule has 0 bridgehead atoms. The van der Waals surface area contributed by atoms with E-state index < -0.39 is 34.4 Å². The van der Waals surface area contributed by atoms with E-state index in [0.717, 1.165) is 11.1 Å². The van der Waals surface area contributed by atoms with Crippen molar-refractivity contribution in [2.75, 3.05) is 29.8 Å². The SMILES string of the molecule is CCS(=O)(=O)N1CCc2cc(C(=O)COC(=O)CNC(=O)NCc3ccccc3)ccc21. The van der Waals surface area contributed by atoms with Crippen LogP contribution in [0.2, 0.25) is 0 Å². The number of sulfonamides is 1. The summed E-state index contributed by atoms with van der Waals surface area (Å²) in [7, 11) is -3.36. The minimum atomic E-state index is -3.36. The molecule has 1 heterocycles. The lowest BCUT2D eigenvalue weighted by Crippen LogP contribution is -2.38. The van der Waals surface area contributed by atoms with Gasteiger partial charge in [-0.15, -0.1) is 0 Å². The Morgan fingerprint density at radius 2 is 1.81 bits per heavy atom. The van der Waals surface area contributed by atoms with Crippen molar-refractivity contribution < 1.29 is 27.5 Å². The quantitative estimate of drug-likeness (QED) is 0.434. The van der Waals surface area contributed by atoms with Gasteiger partial charge in [-0.2, -0.15) is 0 Å². The van der Waals surface area contributed by atoms with Gasteiger partial charge < -0.3 is 15.4 Å². The molecule has 1 aliphatic rings. The second-order valence-electron chi connectivity index (χ2n) is 7.17. The number of esters is 1. The molecule has 0 radical (unpaired) electrons. The number of anilines is 1. The van der Waals surface area contributed by atoms with Crippen LogP contribution in [-0.2, 0) is 32.5 Å². The number of Topliss-reactive ketones (excluding diaryl/α,β-unsaturated/α-hetero) is 1. The van der Waals surface area contributed by atoms with E-state index in [0.29, 0.717) is 30.8 Å². The zero-order valence-electron chi connectivity index (χ0n) is 17.7. The number of hydrogen-bond acceptors (Lipinski definition) is 6. The van der Waals surface area contributed by atoms with E-state index >= 15 is 0 Å². The molecular formula is C22H25N3O6S. The average molecular weight is 460 g/mol. The normalized spacial score (nSPS) is 12.7. The molecule has 0 aliphatic carbocycles. The van der Waals surface area contributed by atoms with Crippen LogP contribution in [-0.4, -0.2) is 51.7 Å². The van der Waals surface area contributed by atoms with Crippen molar-refractivity contribution in [3.8, 4) is 0 Å². The predicted octanol–water partition coefficient (Wildman–Crippen LogP) is 1.62. The van der Waals surface area contributed by atoms with Gasteiger partial charge in [0.25, 0.3) is 0 Å². The highest BCUT2D eigenvalue weighted by atomic mass is 32.2. The fourth-order valence-electron chi connectivity index (χ4n) is 3.26. The molecule has 0 atom stereocenters. The number of urea groups is 1. The summed E-state index contributed by atoms with van der Waals surface area (Å²) >= 11 is 0. The number of amides is 2. The standard InChI is InChI=1S/C22H25N3O6S/c1-2-32(29,30)25-11-10-17-12-18(8-9-19(17)25)20(26)15-31-21(27)14-24-22(28)23-13-16-6-4-3-5-7-16/h3-9,12H,2,10-11,13-15H2,1H3,(H2,23,24,28). The van der Waals surface area contributed by atoms with E-state index in [1.54, 1.807) is 19.1 Å². The van der Waals surface area contributed by atoms with Gasteiger partial charge in [0, 0.05) is 18.7 Å². The molecule has 1 aliphatic heterocycles. The second kappa shape index (κ2) is 10.3. The van der Waals surface area contributed by atoms with Crippen molar-refractivity contribution in [1.29, 1.82) is 0 Å². The largest absolute Gasteiger partial charge is 0.456 e. The summed E-state index contributed by atoms with van der Waals surface area (Å²) in [6.07, 6.45) is 0.511. The Labute approximate surface area is 186 Å². The van der Waals surface area contributed by atoms with E-state index in [-0.39, 0.29) is 12.3 Å². The Balaban J connectivity index is 1.44. The molecule has 0 unspecified atom stereocenters. The fraction of sp³-hybridized carbons (Fsp3) is 0.318. The molecule has 0 saturated carbocycles. The molecule has 32 heavy (non-hydrogen) atoms. The number of benzene rings is 2. The maximum atomic E-state index is 12.4. The number of fused-ring (bicyclic) bond motifs is 1. The molecule has 2 N–H and O–H groups in total. The number of carbonyl (C=O) groups is 3. The van der Waals surface area contributed by atoms with Crippen molar-refractivity contribution in [3.05, 3.63) is 65.2 Å². The summed E-state index contributed by atoms with van der Waals surface area (Å²) in [5.41, 5.74) is 2.59. The number of nitrogens with zero attached hydrogens (tertiary/aromatic N) is 1. The van der Waals surface area contributed by atoms with Gasteiger partial charge in [-0.3, -0.25) is 13.9 Å². The number of rotatable bonds is 9. The van der Waals surface area contributed by atoms with Crippen molar-refractivity contribution in [1.82, 2.24) is 10.6 Å². The molecule has 2 aromatic carbocycles. The molecule has 0 fully saturated rings. The summed E-state index contributed by atoms with van der Waals surface area (Å²) in [4.78, 5) is 36.0. The maximum Gasteiger partial charge on any atom is 0.325 e. The first-order chi connectivity index (χ1) is 15.3. The van der Waals surface area contributed by atoms with Crippen LogP contribution in [0.3, 0.4) is 0 Å². The molecule has 2 aromatic rings. The molecule has 9 nitrogen and oxygen atoms in total. The van der Waals surface area contributed by atoms with E-state index in [2.05, 4.69) is 10.6 Å². The number of ether oxygens (including phenoxy) is 1. The highest BCUT2D eigenvalue weighted by molar-refractivity contribution is 7.92. The Bertz CT molecular complexity index is 1100. The molecule has 3 rings (SSSR count). The van der Waals surface area contributed by atoms with Crippen LogP contribution >= 0.6 is 0 Å². The topological polar surface area (TPSA) is 122 Å². The summed E-state index contributed by atoms with van der Waals surface area (Å²) in [5, 5.41) is 4.99. The van der Waals surface area contributed by atoms with Crippen LogP contribution in [0, 0.1) is 0 Å². The molecule has 0 spiro atoms. The zero-order valence-corrected chi connectivity index (χ0v) is 18.5. The van der Waals surface area contributed by atoms with Crippen LogP contribution in [0.1, 0.15) is 28.4 Å². The minimum absolute atomic E-state index is 0.00138. The van der Waals surface area contributed by atoms with Crippen LogP contribution in [0.5, 0.6) is 0 Å². The Morgan fingerprint density at radius 1 is 1.06 bits per heavy atom. The first kappa shape index (κ1) is 23.3. The maximum absolute atomic E-state index is 12.4. The number of ketones is 1. The van der Waals surface area contributed by atoms with Crippen molar-refractivity contribution in [3.63, 3.8) is 0 Å². The molecule has 0 saturated heterocycles. The number of hydrogen-bond donors (Lipinski definition) is 2. The van der Waals surface area contributed by atoms with Crippen molar-refractivity contribution >= 4 is 33.5 Å². The van der Waals surface area contributed by atoms with Crippen LogP contribution < -0.4 is 14.9 Å².